The van der Waals surface area contributed by atoms with Crippen molar-refractivity contribution in [2.24, 2.45) is 0 Å². The van der Waals surface area contributed by atoms with Gasteiger partial charge in [0.2, 0.25) is 5.91 Å². The second-order valence-corrected chi connectivity index (χ2v) is 6.35. The number of nitrogens with one attached hydrogen (secondary N) is 1. The van der Waals surface area contributed by atoms with Gasteiger partial charge in [0.1, 0.15) is 5.54 Å². The van der Waals surface area contributed by atoms with Gasteiger partial charge in [0, 0.05) is 0 Å². The van der Waals surface area contributed by atoms with Crippen molar-refractivity contribution in [2.75, 3.05) is 0 Å². The minimum atomic E-state index is -1.05. The first-order valence-corrected chi connectivity index (χ1v) is 7.71. The van der Waals surface area contributed by atoms with Crippen molar-refractivity contribution < 1.29 is 14.7 Å². The molecule has 0 saturated heterocycles. The largest absolute Gasteiger partial charge is 0.480 e. The molecule has 1 aromatic carbocycles. The van der Waals surface area contributed by atoms with E-state index in [0.29, 0.717) is 12.8 Å². The van der Waals surface area contributed by atoms with Gasteiger partial charge in [0.05, 0.1) is 5.41 Å². The van der Waals surface area contributed by atoms with Gasteiger partial charge >= 0.3 is 5.97 Å². The number of hydrogen-bond acceptors (Lipinski definition) is 2. The van der Waals surface area contributed by atoms with Crippen LogP contribution in [0.1, 0.15) is 50.5 Å². The van der Waals surface area contributed by atoms with Crippen LogP contribution < -0.4 is 5.32 Å². The van der Waals surface area contributed by atoms with Crippen molar-refractivity contribution in [3.63, 3.8) is 0 Å². The molecule has 1 aromatic rings. The summed E-state index contributed by atoms with van der Waals surface area (Å²) < 4.78 is 0. The molecule has 2 N–H and O–H groups in total. The number of hydrogen-bond donors (Lipinski definition) is 2. The highest BCUT2D eigenvalue weighted by Crippen LogP contribution is 2.45. The van der Waals surface area contributed by atoms with Crippen molar-refractivity contribution >= 4 is 11.9 Å². The Morgan fingerprint density at radius 2 is 1.57 bits per heavy atom. The Morgan fingerprint density at radius 3 is 2.05 bits per heavy atom. The number of benzene rings is 1. The quantitative estimate of drug-likeness (QED) is 0.894. The molecule has 112 valence electrons. The molecule has 3 rings (SSSR count). The molecule has 0 atom stereocenters. The molecule has 0 aliphatic heterocycles. The molecular weight excluding hydrogens is 266 g/mol. The molecule has 21 heavy (non-hydrogen) atoms. The normalized spacial score (nSPS) is 22.3. The molecule has 0 radical (unpaired) electrons. The first-order valence-electron chi connectivity index (χ1n) is 7.71. The van der Waals surface area contributed by atoms with E-state index in [1.807, 2.05) is 30.3 Å². The maximum atomic E-state index is 12.8. The summed E-state index contributed by atoms with van der Waals surface area (Å²) in [7, 11) is 0. The second-order valence-electron chi connectivity index (χ2n) is 6.35. The van der Waals surface area contributed by atoms with Crippen molar-refractivity contribution in [3.8, 4) is 0 Å². The Morgan fingerprint density at radius 1 is 0.952 bits per heavy atom. The van der Waals surface area contributed by atoms with E-state index < -0.39 is 16.9 Å². The number of carbonyl (C=O) groups excluding carboxylic acids is 1. The summed E-state index contributed by atoms with van der Waals surface area (Å²) in [5, 5.41) is 12.4. The molecule has 0 unspecified atom stereocenters. The Kier molecular flexibility index (Phi) is 3.47. The Bertz CT molecular complexity index is 542. The maximum Gasteiger partial charge on any atom is 0.329 e. The standard InChI is InChI=1S/C17H21NO3/c19-14(18-17(15(20)21)11-4-5-12-17)16(9-6-10-16)13-7-2-1-3-8-13/h1-3,7-8H,4-6,9-12H2,(H,18,19)(H,20,21). The first kappa shape index (κ1) is 14.1. The van der Waals surface area contributed by atoms with Crippen LogP contribution >= 0.6 is 0 Å². The number of carbonyl (C=O) groups is 2. The average Bonchev–Trinajstić information content (AvgIpc) is 2.88. The van der Waals surface area contributed by atoms with Gasteiger partial charge in [0.25, 0.3) is 0 Å². The molecule has 4 nitrogen and oxygen atoms in total. The summed E-state index contributed by atoms with van der Waals surface area (Å²) >= 11 is 0. The van der Waals surface area contributed by atoms with Gasteiger partial charge in [0.15, 0.2) is 0 Å². The average molecular weight is 287 g/mol. The minimum absolute atomic E-state index is 0.107. The highest BCUT2D eigenvalue weighted by molar-refractivity contribution is 5.94. The van der Waals surface area contributed by atoms with E-state index in [4.69, 9.17) is 0 Å². The van der Waals surface area contributed by atoms with E-state index in [-0.39, 0.29) is 5.91 Å². The molecule has 0 heterocycles. The van der Waals surface area contributed by atoms with Crippen LogP contribution in [-0.4, -0.2) is 22.5 Å². The number of aliphatic carboxylic acids is 1. The lowest BCUT2D eigenvalue weighted by Crippen LogP contribution is -2.59. The topological polar surface area (TPSA) is 66.4 Å². The molecule has 2 fully saturated rings. The number of carboxylic acid groups (broad SMARTS) is 1. The molecule has 0 bridgehead atoms. The summed E-state index contributed by atoms with van der Waals surface area (Å²) in [5.74, 6) is -1.000. The van der Waals surface area contributed by atoms with Crippen LogP contribution in [-0.2, 0) is 15.0 Å². The molecule has 2 aliphatic carbocycles. The fourth-order valence-corrected chi connectivity index (χ4v) is 3.64. The molecule has 2 aliphatic rings. The summed E-state index contributed by atoms with van der Waals surface area (Å²) in [6.07, 6.45) is 5.44. The van der Waals surface area contributed by atoms with Crippen LogP contribution in [0.15, 0.2) is 30.3 Å². The predicted octanol–water partition coefficient (Wildman–Crippen LogP) is 2.62. The second kappa shape index (κ2) is 5.17. The number of rotatable bonds is 4. The monoisotopic (exact) mass is 287 g/mol. The van der Waals surface area contributed by atoms with E-state index in [1.165, 1.54) is 0 Å². The molecular formula is C17H21NO3. The zero-order valence-electron chi connectivity index (χ0n) is 12.1. The Balaban J connectivity index is 1.85. The van der Waals surface area contributed by atoms with Crippen molar-refractivity contribution in [1.82, 2.24) is 5.32 Å². The van der Waals surface area contributed by atoms with Gasteiger partial charge in [-0.25, -0.2) is 4.79 Å². The lowest BCUT2D eigenvalue weighted by molar-refractivity contribution is -0.149. The van der Waals surface area contributed by atoms with E-state index in [1.54, 1.807) is 0 Å². The lowest BCUT2D eigenvalue weighted by Gasteiger charge is -2.42. The molecule has 4 heteroatoms. The molecule has 1 amide bonds. The van der Waals surface area contributed by atoms with E-state index in [0.717, 1.165) is 37.7 Å². The van der Waals surface area contributed by atoms with Crippen molar-refractivity contribution in [2.45, 2.75) is 55.9 Å². The first-order chi connectivity index (χ1) is 10.1. The van der Waals surface area contributed by atoms with Crippen LogP contribution in [0.25, 0.3) is 0 Å². The third-order valence-electron chi connectivity index (χ3n) is 5.19. The predicted molar refractivity (Wildman–Crippen MR) is 78.9 cm³/mol. The highest BCUT2D eigenvalue weighted by atomic mass is 16.4. The van der Waals surface area contributed by atoms with Gasteiger partial charge < -0.3 is 10.4 Å². The summed E-state index contributed by atoms with van der Waals surface area (Å²) in [6.45, 7) is 0. The highest BCUT2D eigenvalue weighted by Gasteiger charge is 2.50. The summed E-state index contributed by atoms with van der Waals surface area (Å²) in [4.78, 5) is 24.5. The van der Waals surface area contributed by atoms with E-state index in [2.05, 4.69) is 5.32 Å². The SMILES string of the molecule is O=C(O)C1(NC(=O)C2(c3ccccc3)CCC2)CCCC1. The zero-order valence-corrected chi connectivity index (χ0v) is 12.1. The van der Waals surface area contributed by atoms with Gasteiger partial charge in [-0.15, -0.1) is 0 Å². The number of amides is 1. The third kappa shape index (κ3) is 2.23. The minimum Gasteiger partial charge on any atom is -0.480 e. The van der Waals surface area contributed by atoms with Gasteiger partial charge in [-0.2, -0.15) is 0 Å². The zero-order chi connectivity index (χ0) is 14.9. The van der Waals surface area contributed by atoms with Crippen LogP contribution in [0.4, 0.5) is 0 Å². The molecule has 2 saturated carbocycles. The lowest BCUT2D eigenvalue weighted by atomic mass is 9.63. The van der Waals surface area contributed by atoms with Crippen molar-refractivity contribution in [3.05, 3.63) is 35.9 Å². The van der Waals surface area contributed by atoms with Crippen LogP contribution in [0.3, 0.4) is 0 Å². The van der Waals surface area contributed by atoms with Gasteiger partial charge in [-0.1, -0.05) is 49.6 Å². The van der Waals surface area contributed by atoms with E-state index in [9.17, 15) is 14.7 Å². The Hall–Kier alpha value is -1.84. The van der Waals surface area contributed by atoms with Crippen LogP contribution in [0.5, 0.6) is 0 Å². The van der Waals surface area contributed by atoms with Gasteiger partial charge in [-0.3, -0.25) is 4.79 Å². The van der Waals surface area contributed by atoms with E-state index >= 15 is 0 Å². The van der Waals surface area contributed by atoms with Gasteiger partial charge in [-0.05, 0) is 31.2 Å². The third-order valence-corrected chi connectivity index (χ3v) is 5.19. The van der Waals surface area contributed by atoms with Crippen molar-refractivity contribution in [1.29, 1.82) is 0 Å². The molecule has 0 aromatic heterocycles. The number of carboxylic acids is 1. The smallest absolute Gasteiger partial charge is 0.329 e. The van der Waals surface area contributed by atoms with Crippen LogP contribution in [0, 0.1) is 0 Å². The fraction of sp³-hybridized carbons (Fsp3) is 0.529. The Labute approximate surface area is 124 Å². The fourth-order valence-electron chi connectivity index (χ4n) is 3.64. The maximum absolute atomic E-state index is 12.8. The summed E-state index contributed by atoms with van der Waals surface area (Å²) in [5.41, 5.74) is -0.562. The summed E-state index contributed by atoms with van der Waals surface area (Å²) in [6, 6.07) is 9.75. The van der Waals surface area contributed by atoms with Crippen LogP contribution in [0.2, 0.25) is 0 Å². The molecule has 0 spiro atoms.